The molecule has 4 aliphatic rings. The Hall–Kier alpha value is -1.56. The average Bonchev–Trinajstić information content (AvgIpc) is 3.11. The number of azo groups is 1. The van der Waals surface area contributed by atoms with Crippen LogP contribution in [0.2, 0.25) is 0 Å². The Morgan fingerprint density at radius 3 is 2.86 bits per heavy atom. The summed E-state index contributed by atoms with van der Waals surface area (Å²) >= 11 is 0. The lowest BCUT2D eigenvalue weighted by Gasteiger charge is -2.39. The quantitative estimate of drug-likeness (QED) is 0.683. The third kappa shape index (κ3) is 1.44. The summed E-state index contributed by atoms with van der Waals surface area (Å²) in [5.41, 5.74) is -2.00. The molecule has 0 aromatic heterocycles. The minimum absolute atomic E-state index is 0.0327. The van der Waals surface area contributed by atoms with E-state index in [1.165, 1.54) is 0 Å². The van der Waals surface area contributed by atoms with Gasteiger partial charge < -0.3 is 9.84 Å². The molecule has 0 bridgehead atoms. The molecular formula is C16H20N2O4. The van der Waals surface area contributed by atoms with Crippen molar-refractivity contribution in [2.45, 2.75) is 44.4 Å². The zero-order valence-electron chi connectivity index (χ0n) is 12.7. The number of allylic oxidation sites excluding steroid dienone is 2. The molecule has 22 heavy (non-hydrogen) atoms. The summed E-state index contributed by atoms with van der Waals surface area (Å²) in [7, 11) is 0. The van der Waals surface area contributed by atoms with Crippen LogP contribution in [0.5, 0.6) is 0 Å². The predicted molar refractivity (Wildman–Crippen MR) is 76.0 cm³/mol. The molecule has 2 aliphatic heterocycles. The van der Waals surface area contributed by atoms with E-state index in [0.29, 0.717) is 19.4 Å². The van der Waals surface area contributed by atoms with Crippen LogP contribution in [0.15, 0.2) is 22.4 Å². The molecule has 2 fully saturated rings. The summed E-state index contributed by atoms with van der Waals surface area (Å²) in [5, 5.41) is 19.3. The lowest BCUT2D eigenvalue weighted by atomic mass is 9.65. The SMILES string of the molecule is C[C@@H]1C[C@H]2OC(=O)[C@@]3(CCN=N3)[C@H]2[C@H](O)[C@]2(C)C(=O)C=C[C@@H]12. The molecule has 2 heterocycles. The van der Waals surface area contributed by atoms with Gasteiger partial charge in [-0.3, -0.25) is 4.79 Å². The van der Waals surface area contributed by atoms with E-state index in [1.54, 1.807) is 6.08 Å². The van der Waals surface area contributed by atoms with Gasteiger partial charge in [0.1, 0.15) is 6.10 Å². The molecular weight excluding hydrogens is 284 g/mol. The van der Waals surface area contributed by atoms with Gasteiger partial charge in [0.05, 0.1) is 24.0 Å². The van der Waals surface area contributed by atoms with Crippen LogP contribution in [0, 0.1) is 23.2 Å². The van der Waals surface area contributed by atoms with Gasteiger partial charge in [-0.15, -0.1) is 0 Å². The zero-order chi connectivity index (χ0) is 15.7. The number of aliphatic hydroxyl groups excluding tert-OH is 1. The summed E-state index contributed by atoms with van der Waals surface area (Å²) in [6.07, 6.45) is 3.23. The van der Waals surface area contributed by atoms with Crippen molar-refractivity contribution in [3.05, 3.63) is 12.2 Å². The topological polar surface area (TPSA) is 88.3 Å². The van der Waals surface area contributed by atoms with Gasteiger partial charge in [-0.1, -0.05) is 13.0 Å². The summed E-state index contributed by atoms with van der Waals surface area (Å²) < 4.78 is 5.58. The number of nitrogens with zero attached hydrogens (tertiary/aromatic N) is 2. The summed E-state index contributed by atoms with van der Waals surface area (Å²) in [4.78, 5) is 24.9. The number of esters is 1. The van der Waals surface area contributed by atoms with Gasteiger partial charge >= 0.3 is 5.97 Å². The first-order chi connectivity index (χ1) is 10.4. The molecule has 2 aliphatic carbocycles. The van der Waals surface area contributed by atoms with Crippen molar-refractivity contribution in [3.8, 4) is 0 Å². The third-order valence-corrected chi connectivity index (χ3v) is 6.26. The first kappa shape index (κ1) is 14.1. The van der Waals surface area contributed by atoms with Gasteiger partial charge in [0.2, 0.25) is 0 Å². The van der Waals surface area contributed by atoms with E-state index >= 15 is 0 Å². The van der Waals surface area contributed by atoms with Crippen LogP contribution >= 0.6 is 0 Å². The largest absolute Gasteiger partial charge is 0.460 e. The van der Waals surface area contributed by atoms with E-state index in [2.05, 4.69) is 17.2 Å². The second-order valence-corrected chi connectivity index (χ2v) is 7.30. The molecule has 1 spiro atoms. The van der Waals surface area contributed by atoms with Crippen LogP contribution < -0.4 is 0 Å². The number of carbonyl (C=O) groups excluding carboxylic acids is 2. The molecule has 118 valence electrons. The maximum absolute atomic E-state index is 12.5. The van der Waals surface area contributed by atoms with Crippen LogP contribution in [0.1, 0.15) is 26.7 Å². The van der Waals surface area contributed by atoms with Gasteiger partial charge in [0, 0.05) is 6.42 Å². The van der Waals surface area contributed by atoms with Crippen molar-refractivity contribution in [3.63, 3.8) is 0 Å². The van der Waals surface area contributed by atoms with Crippen LogP contribution in [-0.4, -0.2) is 41.2 Å². The second kappa shape index (κ2) is 4.25. The molecule has 4 rings (SSSR count). The number of hydrogen-bond donors (Lipinski definition) is 1. The monoisotopic (exact) mass is 304 g/mol. The van der Waals surface area contributed by atoms with Crippen LogP contribution in [-0.2, 0) is 14.3 Å². The Bertz CT molecular complexity index is 615. The van der Waals surface area contributed by atoms with E-state index in [1.807, 2.05) is 13.0 Å². The predicted octanol–water partition coefficient (Wildman–Crippen LogP) is 1.28. The number of rotatable bonds is 0. The highest BCUT2D eigenvalue weighted by Crippen LogP contribution is 2.56. The smallest absolute Gasteiger partial charge is 0.336 e. The van der Waals surface area contributed by atoms with Gasteiger partial charge in [0.15, 0.2) is 11.3 Å². The van der Waals surface area contributed by atoms with Gasteiger partial charge in [-0.25, -0.2) is 4.79 Å². The van der Waals surface area contributed by atoms with E-state index in [-0.39, 0.29) is 17.6 Å². The molecule has 1 saturated heterocycles. The second-order valence-electron chi connectivity index (χ2n) is 7.30. The normalized spacial score (nSPS) is 52.8. The molecule has 1 N–H and O–H groups in total. The third-order valence-electron chi connectivity index (χ3n) is 6.26. The summed E-state index contributed by atoms with van der Waals surface area (Å²) in [6.45, 7) is 4.33. The number of fused-ring (bicyclic) bond motifs is 3. The van der Waals surface area contributed by atoms with Crippen molar-refractivity contribution >= 4 is 11.8 Å². The van der Waals surface area contributed by atoms with E-state index in [9.17, 15) is 14.7 Å². The Morgan fingerprint density at radius 1 is 1.41 bits per heavy atom. The van der Waals surface area contributed by atoms with Crippen LogP contribution in [0.4, 0.5) is 0 Å². The van der Waals surface area contributed by atoms with Gasteiger partial charge in [0.25, 0.3) is 0 Å². The molecule has 0 amide bonds. The number of carbonyl (C=O) groups is 2. The van der Waals surface area contributed by atoms with Gasteiger partial charge in [-0.2, -0.15) is 10.2 Å². The maximum Gasteiger partial charge on any atom is 0.336 e. The number of ketones is 1. The molecule has 0 aromatic carbocycles. The Kier molecular flexibility index (Phi) is 2.72. The van der Waals surface area contributed by atoms with Crippen molar-refractivity contribution in [2.75, 3.05) is 6.54 Å². The van der Waals surface area contributed by atoms with E-state index in [4.69, 9.17) is 4.74 Å². The van der Waals surface area contributed by atoms with Crippen molar-refractivity contribution in [2.24, 2.45) is 33.4 Å². The summed E-state index contributed by atoms with van der Waals surface area (Å²) in [6, 6.07) is 0. The fourth-order valence-corrected chi connectivity index (χ4v) is 4.98. The molecule has 0 radical (unpaired) electrons. The molecule has 6 heteroatoms. The van der Waals surface area contributed by atoms with Crippen LogP contribution in [0.25, 0.3) is 0 Å². The first-order valence-corrected chi connectivity index (χ1v) is 7.91. The number of ether oxygens (including phenoxy) is 1. The van der Waals surface area contributed by atoms with Crippen molar-refractivity contribution in [1.82, 2.24) is 0 Å². The lowest BCUT2D eigenvalue weighted by Crippen LogP contribution is -2.53. The fraction of sp³-hybridized carbons (Fsp3) is 0.750. The minimum Gasteiger partial charge on any atom is -0.460 e. The van der Waals surface area contributed by atoms with Gasteiger partial charge in [-0.05, 0) is 31.3 Å². The molecule has 0 aromatic rings. The molecule has 1 saturated carbocycles. The first-order valence-electron chi connectivity index (χ1n) is 7.91. The fourth-order valence-electron chi connectivity index (χ4n) is 4.98. The Labute approximate surface area is 128 Å². The van der Waals surface area contributed by atoms with Crippen LogP contribution in [0.3, 0.4) is 0 Å². The highest BCUT2D eigenvalue weighted by Gasteiger charge is 2.68. The van der Waals surface area contributed by atoms with Crippen molar-refractivity contribution in [1.29, 1.82) is 0 Å². The van der Waals surface area contributed by atoms with E-state index in [0.717, 1.165) is 0 Å². The number of aliphatic hydroxyl groups is 1. The maximum atomic E-state index is 12.5. The Balaban J connectivity index is 1.84. The highest BCUT2D eigenvalue weighted by molar-refractivity contribution is 5.98. The Morgan fingerprint density at radius 2 is 2.18 bits per heavy atom. The minimum atomic E-state index is -1.09. The lowest BCUT2D eigenvalue weighted by molar-refractivity contribution is -0.146. The van der Waals surface area contributed by atoms with E-state index < -0.39 is 35.0 Å². The standard InChI is InChI=1S/C16H20N2O4/c1-8-7-10-12(16(14(21)22-10)5-6-17-18-16)13(20)15(2)9(8)3-4-11(15)19/h3-4,8-10,12-13,20H,5-7H2,1-2H3/t8-,9+,10-,12-,13+,15+,16-/m1/s1. The summed E-state index contributed by atoms with van der Waals surface area (Å²) in [5.74, 6) is -0.835. The highest BCUT2D eigenvalue weighted by atomic mass is 16.6. The molecule has 6 nitrogen and oxygen atoms in total. The van der Waals surface area contributed by atoms with Crippen molar-refractivity contribution < 1.29 is 19.4 Å². The molecule has 0 unspecified atom stereocenters. The molecule has 7 atom stereocenters. The zero-order valence-corrected chi connectivity index (χ0v) is 12.7. The number of hydrogen-bond acceptors (Lipinski definition) is 6. The average molecular weight is 304 g/mol.